The molecule has 1 aliphatic heterocycles. The van der Waals surface area contributed by atoms with Gasteiger partial charge >= 0.3 is 0 Å². The lowest BCUT2D eigenvalue weighted by molar-refractivity contribution is 0.197. The molecular weight excluding hydrogens is 283 g/mol. The highest BCUT2D eigenvalue weighted by atomic mass is 35.5. The van der Waals surface area contributed by atoms with Gasteiger partial charge in [0.15, 0.2) is 0 Å². The number of rotatable bonds is 3. The highest BCUT2D eigenvalue weighted by Gasteiger charge is 2.23. The molecule has 3 rings (SSSR count). The van der Waals surface area contributed by atoms with E-state index in [0.29, 0.717) is 12.5 Å². The number of nitrogens with zero attached hydrogens (tertiary/aromatic N) is 2. The van der Waals surface area contributed by atoms with Gasteiger partial charge in [-0.15, -0.1) is 11.3 Å². The maximum Gasteiger partial charge on any atom is 0.102 e. The van der Waals surface area contributed by atoms with Gasteiger partial charge in [-0.05, 0) is 44.1 Å². The van der Waals surface area contributed by atoms with Crippen molar-refractivity contribution in [2.24, 2.45) is 0 Å². The van der Waals surface area contributed by atoms with Crippen LogP contribution >= 0.6 is 22.9 Å². The summed E-state index contributed by atoms with van der Waals surface area (Å²) in [6.07, 6.45) is 2.15. The molecule has 5 heteroatoms. The second kappa shape index (κ2) is 5.73. The Morgan fingerprint density at radius 2 is 2.16 bits per heavy atom. The normalized spacial score (nSPS) is 18.2. The number of hydrogen-bond acceptors (Lipinski definition) is 3. The maximum atomic E-state index is 12.3. The first-order chi connectivity index (χ1) is 9.26. The molecule has 0 spiro atoms. The van der Waals surface area contributed by atoms with E-state index in [1.165, 1.54) is 9.71 Å². The van der Waals surface area contributed by atoms with Crippen LogP contribution in [0.25, 0.3) is 10.2 Å². The number of aromatic nitrogens is 1. The molecule has 0 unspecified atom stereocenters. The predicted octanol–water partition coefficient (Wildman–Crippen LogP) is 4.10. The summed E-state index contributed by atoms with van der Waals surface area (Å²) in [5.74, 6) is 0.520. The third kappa shape index (κ3) is 2.91. The molecule has 1 aromatic carbocycles. The fourth-order valence-electron chi connectivity index (χ4n) is 2.62. The average Bonchev–Trinajstić information content (AvgIpc) is 2.83. The van der Waals surface area contributed by atoms with Crippen molar-refractivity contribution in [1.29, 1.82) is 0 Å². The number of piperidine rings is 1. The maximum absolute atomic E-state index is 12.3. The summed E-state index contributed by atoms with van der Waals surface area (Å²) in [6.45, 7) is 2.28. The second-order valence-corrected chi connectivity index (χ2v) is 6.47. The molecule has 2 nitrogen and oxygen atoms in total. The van der Waals surface area contributed by atoms with E-state index in [0.717, 1.165) is 36.5 Å². The molecule has 0 radical (unpaired) electrons. The van der Waals surface area contributed by atoms with Crippen LogP contribution in [0, 0.1) is 0 Å². The second-order valence-electron chi connectivity index (χ2n) is 4.97. The SMILES string of the molecule is FCCN1CCC(c2nc3cc(Cl)ccc3s2)CC1. The van der Waals surface area contributed by atoms with Crippen molar-refractivity contribution in [3.05, 3.63) is 28.2 Å². The van der Waals surface area contributed by atoms with Gasteiger partial charge in [-0.25, -0.2) is 9.37 Å². The molecule has 2 heterocycles. The Kier molecular flexibility index (Phi) is 4.01. The number of benzene rings is 1. The Bertz CT molecular complexity index is 564. The summed E-state index contributed by atoms with van der Waals surface area (Å²) in [7, 11) is 0. The quantitative estimate of drug-likeness (QED) is 0.848. The molecule has 1 saturated heterocycles. The van der Waals surface area contributed by atoms with E-state index in [9.17, 15) is 4.39 Å². The minimum atomic E-state index is -0.246. The van der Waals surface area contributed by atoms with E-state index < -0.39 is 0 Å². The van der Waals surface area contributed by atoms with Crippen molar-refractivity contribution in [2.45, 2.75) is 18.8 Å². The van der Waals surface area contributed by atoms with Gasteiger partial charge in [0.2, 0.25) is 0 Å². The lowest BCUT2D eigenvalue weighted by atomic mass is 9.98. The van der Waals surface area contributed by atoms with Crippen molar-refractivity contribution < 1.29 is 4.39 Å². The largest absolute Gasteiger partial charge is 0.301 e. The van der Waals surface area contributed by atoms with Crippen LogP contribution in [0.5, 0.6) is 0 Å². The lowest BCUT2D eigenvalue weighted by Crippen LogP contribution is -2.34. The van der Waals surface area contributed by atoms with E-state index in [2.05, 4.69) is 4.90 Å². The smallest absolute Gasteiger partial charge is 0.102 e. The van der Waals surface area contributed by atoms with Crippen LogP contribution in [0.2, 0.25) is 5.02 Å². The molecule has 2 aromatic rings. The molecule has 102 valence electrons. The summed E-state index contributed by atoms with van der Waals surface area (Å²) in [5, 5.41) is 1.94. The van der Waals surface area contributed by atoms with E-state index in [-0.39, 0.29) is 6.67 Å². The van der Waals surface area contributed by atoms with Crippen molar-refractivity contribution in [3.63, 3.8) is 0 Å². The summed E-state index contributed by atoms with van der Waals surface area (Å²) in [6, 6.07) is 5.88. The highest BCUT2D eigenvalue weighted by molar-refractivity contribution is 7.18. The molecule has 1 fully saturated rings. The van der Waals surface area contributed by atoms with Crippen LogP contribution in [0.4, 0.5) is 4.39 Å². The third-order valence-corrected chi connectivity index (χ3v) is 5.14. The zero-order valence-corrected chi connectivity index (χ0v) is 12.2. The number of thiazole rings is 1. The van der Waals surface area contributed by atoms with Crippen molar-refractivity contribution >= 4 is 33.2 Å². The van der Waals surface area contributed by atoms with Crippen LogP contribution in [-0.2, 0) is 0 Å². The number of hydrogen-bond donors (Lipinski definition) is 0. The topological polar surface area (TPSA) is 16.1 Å². The van der Waals surface area contributed by atoms with Gasteiger partial charge in [0.05, 0.1) is 15.2 Å². The molecule has 1 aromatic heterocycles. The van der Waals surface area contributed by atoms with Crippen LogP contribution in [0.3, 0.4) is 0 Å². The Morgan fingerprint density at radius 3 is 2.89 bits per heavy atom. The number of fused-ring (bicyclic) bond motifs is 1. The average molecular weight is 299 g/mol. The fourth-order valence-corrected chi connectivity index (χ4v) is 3.90. The highest BCUT2D eigenvalue weighted by Crippen LogP contribution is 2.34. The van der Waals surface area contributed by atoms with Gasteiger partial charge in [0.25, 0.3) is 0 Å². The van der Waals surface area contributed by atoms with E-state index in [1.807, 2.05) is 18.2 Å². The zero-order chi connectivity index (χ0) is 13.2. The molecule has 0 amide bonds. The Hall–Kier alpha value is -0.710. The molecule has 0 bridgehead atoms. The van der Waals surface area contributed by atoms with Crippen LogP contribution in [0.1, 0.15) is 23.8 Å². The minimum absolute atomic E-state index is 0.246. The Labute approximate surface area is 121 Å². The molecule has 1 aliphatic rings. The number of likely N-dealkylation sites (tertiary alicyclic amines) is 1. The molecule has 0 N–H and O–H groups in total. The van der Waals surface area contributed by atoms with Gasteiger partial charge in [-0.3, -0.25) is 0 Å². The molecular formula is C14H16ClFN2S. The Morgan fingerprint density at radius 1 is 1.37 bits per heavy atom. The van der Waals surface area contributed by atoms with E-state index in [1.54, 1.807) is 11.3 Å². The van der Waals surface area contributed by atoms with Crippen molar-refractivity contribution in [2.75, 3.05) is 26.3 Å². The summed E-state index contributed by atoms with van der Waals surface area (Å²) >= 11 is 7.75. The molecule has 0 saturated carbocycles. The van der Waals surface area contributed by atoms with Crippen molar-refractivity contribution in [1.82, 2.24) is 9.88 Å². The van der Waals surface area contributed by atoms with Gasteiger partial charge in [-0.2, -0.15) is 0 Å². The standard InChI is InChI=1S/C14H16ClFN2S/c15-11-1-2-13-12(9-11)17-14(19-13)10-3-6-18(7-4-10)8-5-16/h1-2,9-10H,3-8H2. The molecule has 0 aliphatic carbocycles. The van der Waals surface area contributed by atoms with Crippen LogP contribution in [0.15, 0.2) is 18.2 Å². The Balaban J connectivity index is 1.74. The number of alkyl halides is 1. The summed E-state index contributed by atoms with van der Waals surface area (Å²) < 4.78 is 13.5. The van der Waals surface area contributed by atoms with Crippen molar-refractivity contribution in [3.8, 4) is 0 Å². The molecule has 19 heavy (non-hydrogen) atoms. The number of halogens is 2. The van der Waals surface area contributed by atoms with Crippen LogP contribution < -0.4 is 0 Å². The van der Waals surface area contributed by atoms with E-state index in [4.69, 9.17) is 16.6 Å². The van der Waals surface area contributed by atoms with Gasteiger partial charge < -0.3 is 4.90 Å². The zero-order valence-electron chi connectivity index (χ0n) is 10.6. The van der Waals surface area contributed by atoms with Gasteiger partial charge in [-0.1, -0.05) is 11.6 Å². The first-order valence-electron chi connectivity index (χ1n) is 6.60. The van der Waals surface area contributed by atoms with Crippen LogP contribution in [-0.4, -0.2) is 36.2 Å². The fraction of sp³-hybridized carbons (Fsp3) is 0.500. The minimum Gasteiger partial charge on any atom is -0.301 e. The summed E-state index contributed by atoms with van der Waals surface area (Å²) in [4.78, 5) is 6.90. The first-order valence-corrected chi connectivity index (χ1v) is 7.80. The lowest BCUT2D eigenvalue weighted by Gasteiger charge is -2.30. The molecule has 0 atom stereocenters. The van der Waals surface area contributed by atoms with Gasteiger partial charge in [0, 0.05) is 17.5 Å². The van der Waals surface area contributed by atoms with Gasteiger partial charge in [0.1, 0.15) is 6.67 Å². The predicted molar refractivity (Wildman–Crippen MR) is 79.0 cm³/mol. The first kappa shape index (κ1) is 13.3. The van der Waals surface area contributed by atoms with E-state index >= 15 is 0 Å². The summed E-state index contributed by atoms with van der Waals surface area (Å²) in [5.41, 5.74) is 0.999. The third-order valence-electron chi connectivity index (χ3n) is 3.70. The monoisotopic (exact) mass is 298 g/mol.